The first-order valence-corrected chi connectivity index (χ1v) is 10.7. The summed E-state index contributed by atoms with van der Waals surface area (Å²) >= 11 is 0. The zero-order valence-electron chi connectivity index (χ0n) is 18.0. The molecule has 0 saturated carbocycles. The molecule has 1 unspecified atom stereocenters. The van der Waals surface area contributed by atoms with Crippen LogP contribution in [0.1, 0.15) is 32.3 Å². The highest BCUT2D eigenvalue weighted by Crippen LogP contribution is 2.21. The molecular weight excluding hydrogens is 406 g/mol. The minimum Gasteiger partial charge on any atom is -0.445 e. The fraction of sp³-hybridized carbons (Fsp3) is 0.636. The van der Waals surface area contributed by atoms with Crippen LogP contribution in [0, 0.1) is 0 Å². The van der Waals surface area contributed by atoms with Gasteiger partial charge in [0.15, 0.2) is 0 Å². The normalized spacial score (nSPS) is 20.3. The van der Waals surface area contributed by atoms with Gasteiger partial charge in [0.25, 0.3) is 5.91 Å². The van der Waals surface area contributed by atoms with Crippen LogP contribution in [0.25, 0.3) is 0 Å². The van der Waals surface area contributed by atoms with Gasteiger partial charge < -0.3 is 19.3 Å². The van der Waals surface area contributed by atoms with Crippen LogP contribution in [0.4, 0.5) is 4.79 Å². The molecule has 1 aromatic rings. The van der Waals surface area contributed by atoms with Gasteiger partial charge in [0.2, 0.25) is 0 Å². The molecule has 2 saturated heterocycles. The third-order valence-electron chi connectivity index (χ3n) is 5.89. The van der Waals surface area contributed by atoms with E-state index in [-0.39, 0.29) is 30.5 Å². The minimum absolute atomic E-state index is 0. The van der Waals surface area contributed by atoms with Crippen molar-refractivity contribution in [2.24, 2.45) is 0 Å². The third-order valence-corrected chi connectivity index (χ3v) is 5.89. The van der Waals surface area contributed by atoms with Crippen LogP contribution in [-0.4, -0.2) is 84.7 Å². The summed E-state index contributed by atoms with van der Waals surface area (Å²) in [7, 11) is 0. The predicted octanol–water partition coefficient (Wildman–Crippen LogP) is 2.78. The lowest BCUT2D eigenvalue weighted by atomic mass is 10.0. The Hall–Kier alpha value is -1.83. The van der Waals surface area contributed by atoms with E-state index in [1.165, 1.54) is 0 Å². The molecule has 2 aliphatic rings. The van der Waals surface area contributed by atoms with E-state index >= 15 is 0 Å². The molecule has 0 aromatic heterocycles. The molecule has 7 nitrogen and oxygen atoms in total. The number of hydrogen-bond acceptors (Lipinski definition) is 5. The molecule has 2 amide bonds. The average Bonchev–Trinajstić information content (AvgIpc) is 2.79. The van der Waals surface area contributed by atoms with E-state index in [0.29, 0.717) is 52.0 Å². The number of rotatable bonds is 6. The summed E-state index contributed by atoms with van der Waals surface area (Å²) in [4.78, 5) is 31.0. The maximum atomic E-state index is 12.6. The summed E-state index contributed by atoms with van der Waals surface area (Å²) in [6, 6.07) is 10.1. The molecule has 2 heterocycles. The van der Waals surface area contributed by atoms with Gasteiger partial charge in [-0.05, 0) is 32.3 Å². The number of carbonyl (C=O) groups excluding carboxylic acids is 2. The Morgan fingerprint density at radius 2 is 1.77 bits per heavy atom. The fourth-order valence-corrected chi connectivity index (χ4v) is 4.11. The number of benzene rings is 1. The number of piperidine rings is 1. The number of halogens is 1. The van der Waals surface area contributed by atoms with Crippen LogP contribution < -0.4 is 0 Å². The van der Waals surface area contributed by atoms with Gasteiger partial charge in [0, 0.05) is 45.3 Å². The van der Waals surface area contributed by atoms with E-state index in [1.54, 1.807) is 4.90 Å². The minimum atomic E-state index is -0.377. The van der Waals surface area contributed by atoms with E-state index in [2.05, 4.69) is 4.90 Å². The summed E-state index contributed by atoms with van der Waals surface area (Å²) in [5, 5.41) is 0. The number of likely N-dealkylation sites (N-methyl/N-ethyl adjacent to an activating group) is 1. The molecule has 8 heteroatoms. The largest absolute Gasteiger partial charge is 0.445 e. The Morgan fingerprint density at radius 3 is 2.40 bits per heavy atom. The summed E-state index contributed by atoms with van der Waals surface area (Å²) < 4.78 is 11.2. The van der Waals surface area contributed by atoms with Crippen molar-refractivity contribution in [3.63, 3.8) is 0 Å². The summed E-state index contributed by atoms with van der Waals surface area (Å²) in [5.74, 6) is 0.0848. The number of likely N-dealkylation sites (tertiary alicyclic amines) is 1. The zero-order valence-corrected chi connectivity index (χ0v) is 18.8. The molecule has 168 valence electrons. The van der Waals surface area contributed by atoms with Crippen LogP contribution in [-0.2, 0) is 20.9 Å². The fourth-order valence-electron chi connectivity index (χ4n) is 4.11. The van der Waals surface area contributed by atoms with Crippen molar-refractivity contribution in [3.05, 3.63) is 35.9 Å². The number of amides is 2. The molecule has 2 aliphatic heterocycles. The van der Waals surface area contributed by atoms with Crippen LogP contribution in [0.15, 0.2) is 30.3 Å². The second-order valence-electron chi connectivity index (χ2n) is 7.62. The first-order chi connectivity index (χ1) is 14.1. The van der Waals surface area contributed by atoms with Crippen LogP contribution in [0.5, 0.6) is 0 Å². The molecular formula is C22H34ClN3O4. The highest BCUT2D eigenvalue weighted by molar-refractivity contribution is 5.85. The molecule has 0 radical (unpaired) electrons. The van der Waals surface area contributed by atoms with Gasteiger partial charge in [0.05, 0.1) is 6.61 Å². The monoisotopic (exact) mass is 439 g/mol. The van der Waals surface area contributed by atoms with Gasteiger partial charge in [0.1, 0.15) is 12.7 Å². The molecule has 0 spiro atoms. The van der Waals surface area contributed by atoms with Gasteiger partial charge >= 0.3 is 6.09 Å². The Morgan fingerprint density at radius 1 is 1.10 bits per heavy atom. The summed E-state index contributed by atoms with van der Waals surface area (Å²) in [6.07, 6.45) is 1.17. The van der Waals surface area contributed by atoms with Gasteiger partial charge in [-0.25, -0.2) is 4.79 Å². The molecule has 0 N–H and O–H groups in total. The average molecular weight is 440 g/mol. The van der Waals surface area contributed by atoms with E-state index < -0.39 is 0 Å². The lowest BCUT2D eigenvalue weighted by Crippen LogP contribution is -2.55. The van der Waals surface area contributed by atoms with Crippen LogP contribution >= 0.6 is 12.4 Å². The Kier molecular flexibility index (Phi) is 9.88. The number of morpholine rings is 1. The van der Waals surface area contributed by atoms with E-state index in [9.17, 15) is 9.59 Å². The maximum Gasteiger partial charge on any atom is 0.410 e. The van der Waals surface area contributed by atoms with Gasteiger partial charge in [-0.2, -0.15) is 0 Å². The molecule has 1 atom stereocenters. The van der Waals surface area contributed by atoms with Gasteiger partial charge in [-0.15, -0.1) is 12.4 Å². The number of carbonyl (C=O) groups is 2. The van der Waals surface area contributed by atoms with Crippen molar-refractivity contribution in [3.8, 4) is 0 Å². The highest BCUT2D eigenvalue weighted by Gasteiger charge is 2.34. The van der Waals surface area contributed by atoms with Crippen LogP contribution in [0.2, 0.25) is 0 Å². The zero-order chi connectivity index (χ0) is 20.6. The van der Waals surface area contributed by atoms with Crippen molar-refractivity contribution in [2.75, 3.05) is 45.9 Å². The smallest absolute Gasteiger partial charge is 0.410 e. The van der Waals surface area contributed by atoms with Crippen molar-refractivity contribution < 1.29 is 19.1 Å². The number of nitrogens with zero attached hydrogens (tertiary/aromatic N) is 3. The van der Waals surface area contributed by atoms with Crippen molar-refractivity contribution in [1.82, 2.24) is 14.7 Å². The molecule has 1 aromatic carbocycles. The maximum absolute atomic E-state index is 12.6. The second-order valence-corrected chi connectivity index (χ2v) is 7.62. The highest BCUT2D eigenvalue weighted by atomic mass is 35.5. The van der Waals surface area contributed by atoms with Crippen LogP contribution in [0.3, 0.4) is 0 Å². The molecule has 30 heavy (non-hydrogen) atoms. The lowest BCUT2D eigenvalue weighted by Gasteiger charge is -2.42. The third kappa shape index (κ3) is 6.33. The number of hydrogen-bond donors (Lipinski definition) is 0. The Bertz CT molecular complexity index is 664. The SMILES string of the molecule is CCN(CC)C(=O)C1CN(C2CCN(C(=O)OCc3ccccc3)CC2)CCO1.Cl. The second kappa shape index (κ2) is 12.1. The van der Waals surface area contributed by atoms with Crippen molar-refractivity contribution in [1.29, 1.82) is 0 Å². The summed E-state index contributed by atoms with van der Waals surface area (Å²) in [6.45, 7) is 9.13. The Balaban J connectivity index is 0.00000320. The molecule has 2 fully saturated rings. The quantitative estimate of drug-likeness (QED) is 0.682. The Labute approximate surface area is 185 Å². The van der Waals surface area contributed by atoms with E-state index in [0.717, 1.165) is 24.9 Å². The van der Waals surface area contributed by atoms with Gasteiger partial charge in [-0.3, -0.25) is 9.69 Å². The first-order valence-electron chi connectivity index (χ1n) is 10.7. The van der Waals surface area contributed by atoms with Crippen molar-refractivity contribution in [2.45, 2.75) is 45.4 Å². The predicted molar refractivity (Wildman–Crippen MR) is 118 cm³/mol. The standard InChI is InChI=1S/C22H33N3O4.ClH/c1-3-23(4-2)21(26)20-16-25(14-15-28-20)19-10-12-24(13-11-19)22(27)29-17-18-8-6-5-7-9-18;/h5-9,19-20H,3-4,10-17H2,1-2H3;1H. The topological polar surface area (TPSA) is 62.3 Å². The molecule has 0 bridgehead atoms. The first kappa shape index (κ1) is 24.4. The van der Waals surface area contributed by atoms with E-state index in [1.807, 2.05) is 49.1 Å². The molecule has 0 aliphatic carbocycles. The van der Waals surface area contributed by atoms with Gasteiger partial charge in [-0.1, -0.05) is 30.3 Å². The number of ether oxygens (including phenoxy) is 2. The van der Waals surface area contributed by atoms with E-state index in [4.69, 9.17) is 9.47 Å². The lowest BCUT2D eigenvalue weighted by molar-refractivity contribution is -0.150. The van der Waals surface area contributed by atoms with Crippen molar-refractivity contribution >= 4 is 24.4 Å². The summed E-state index contributed by atoms with van der Waals surface area (Å²) in [5.41, 5.74) is 0.993. The molecule has 3 rings (SSSR count).